The number of carbonyl (C=O) groups excluding carboxylic acids is 2. The summed E-state index contributed by atoms with van der Waals surface area (Å²) in [6.45, 7) is 5.79. The number of aliphatic hydroxyl groups is 5. The van der Waals surface area contributed by atoms with Gasteiger partial charge in [0.25, 0.3) is 0 Å². The normalized spacial score (nSPS) is 19.6. The van der Waals surface area contributed by atoms with Crippen molar-refractivity contribution in [3.05, 3.63) is 12.2 Å². The van der Waals surface area contributed by atoms with Crippen LogP contribution in [0.2, 0.25) is 0 Å². The van der Waals surface area contributed by atoms with Crippen molar-refractivity contribution in [2.24, 2.45) is 0 Å². The van der Waals surface area contributed by atoms with Crippen molar-refractivity contribution < 1.29 is 49.3 Å². The molecule has 420 valence electrons. The molecule has 0 spiro atoms. The molecular weight excluding hydrogens is 895 g/mol. The van der Waals surface area contributed by atoms with E-state index < -0.39 is 67.4 Å². The van der Waals surface area contributed by atoms with Crippen LogP contribution in [0.3, 0.4) is 0 Å². The van der Waals surface area contributed by atoms with Gasteiger partial charge in [-0.2, -0.15) is 0 Å². The standard InChI is InChI=1S/C60H115NO10/c1-4-7-10-13-16-19-22-23-24-25-26-27-28-29-30-33-35-38-41-44-47-53(64)59(68)61-51(52(63)46-43-40-37-34-31-20-17-14-11-8-5-2)50-69-60-58(57(67)56(66)54(49-62)70-60)71-55(65)48-45-42-39-36-32-21-18-15-12-9-6-3/h43,46,51-54,56-58,60,62-64,66-67H,4-42,44-45,47-50H2,1-3H3,(H,61,68)/b46-43+. The largest absolute Gasteiger partial charge is 0.454 e. The third kappa shape index (κ3) is 37.7. The van der Waals surface area contributed by atoms with Gasteiger partial charge in [0.05, 0.1) is 25.4 Å². The Balaban J connectivity index is 2.63. The second kappa shape index (κ2) is 49.3. The number of rotatable bonds is 52. The number of esters is 1. The molecule has 0 aromatic carbocycles. The van der Waals surface area contributed by atoms with Crippen molar-refractivity contribution in [1.29, 1.82) is 0 Å². The van der Waals surface area contributed by atoms with Gasteiger partial charge in [-0.25, -0.2) is 0 Å². The number of ether oxygens (including phenoxy) is 3. The van der Waals surface area contributed by atoms with Gasteiger partial charge in [-0.3, -0.25) is 9.59 Å². The van der Waals surface area contributed by atoms with Crippen LogP contribution in [-0.4, -0.2) is 99.6 Å². The minimum Gasteiger partial charge on any atom is -0.454 e. The van der Waals surface area contributed by atoms with E-state index in [0.717, 1.165) is 57.8 Å². The molecule has 8 unspecified atom stereocenters. The Kier molecular flexibility index (Phi) is 46.8. The van der Waals surface area contributed by atoms with Crippen molar-refractivity contribution in [3.63, 3.8) is 0 Å². The average molecular weight is 1010 g/mol. The summed E-state index contributed by atoms with van der Waals surface area (Å²) in [5, 5.41) is 56.8. The van der Waals surface area contributed by atoms with Crippen LogP contribution in [0, 0.1) is 0 Å². The van der Waals surface area contributed by atoms with Crippen molar-refractivity contribution in [2.45, 2.75) is 346 Å². The maximum Gasteiger partial charge on any atom is 0.306 e. The van der Waals surface area contributed by atoms with Crippen LogP contribution in [0.4, 0.5) is 0 Å². The fourth-order valence-electron chi connectivity index (χ4n) is 9.83. The molecule has 0 saturated carbocycles. The molecule has 71 heavy (non-hydrogen) atoms. The summed E-state index contributed by atoms with van der Waals surface area (Å²) < 4.78 is 17.6. The third-order valence-corrected chi connectivity index (χ3v) is 14.7. The first-order chi connectivity index (χ1) is 34.7. The Morgan fingerprint density at radius 3 is 1.32 bits per heavy atom. The van der Waals surface area contributed by atoms with Crippen LogP contribution < -0.4 is 5.32 Å². The van der Waals surface area contributed by atoms with E-state index in [1.807, 2.05) is 6.08 Å². The van der Waals surface area contributed by atoms with Crippen molar-refractivity contribution in [2.75, 3.05) is 13.2 Å². The van der Waals surface area contributed by atoms with Crippen LogP contribution in [0.25, 0.3) is 0 Å². The molecule has 1 saturated heterocycles. The van der Waals surface area contributed by atoms with E-state index in [9.17, 15) is 35.1 Å². The maximum absolute atomic E-state index is 13.4. The maximum atomic E-state index is 13.4. The van der Waals surface area contributed by atoms with Gasteiger partial charge in [0.15, 0.2) is 12.4 Å². The average Bonchev–Trinajstić information content (AvgIpc) is 3.37. The number of nitrogens with one attached hydrogen (secondary N) is 1. The molecule has 0 radical (unpaired) electrons. The summed E-state index contributed by atoms with van der Waals surface area (Å²) in [5.41, 5.74) is 0. The molecule has 0 aromatic heterocycles. The summed E-state index contributed by atoms with van der Waals surface area (Å²) in [6, 6.07) is -1.01. The lowest BCUT2D eigenvalue weighted by Gasteiger charge is -2.41. The lowest BCUT2D eigenvalue weighted by Crippen LogP contribution is -2.61. The number of allylic oxidation sites excluding steroid dienone is 1. The van der Waals surface area contributed by atoms with Crippen molar-refractivity contribution >= 4 is 11.9 Å². The summed E-state index contributed by atoms with van der Waals surface area (Å²) in [4.78, 5) is 26.4. The minimum atomic E-state index is -1.60. The molecule has 1 amide bonds. The smallest absolute Gasteiger partial charge is 0.306 e. The SMILES string of the molecule is CCCCCCCCCCC/C=C/C(O)C(COC1OC(CO)C(O)C(O)C1OC(=O)CCCCCCCCCCCCC)NC(=O)C(O)CCCCCCCCCCCCCCCCCCCCCC. The van der Waals surface area contributed by atoms with Gasteiger partial charge < -0.3 is 45.1 Å². The summed E-state index contributed by atoms with van der Waals surface area (Å²) >= 11 is 0. The van der Waals surface area contributed by atoms with E-state index >= 15 is 0 Å². The van der Waals surface area contributed by atoms with E-state index in [1.165, 1.54) is 193 Å². The first-order valence-electron chi connectivity index (χ1n) is 30.5. The predicted molar refractivity (Wildman–Crippen MR) is 292 cm³/mol. The van der Waals surface area contributed by atoms with Gasteiger partial charge in [0.1, 0.15) is 24.4 Å². The number of hydrogen-bond donors (Lipinski definition) is 6. The lowest BCUT2D eigenvalue weighted by atomic mass is 9.99. The lowest BCUT2D eigenvalue weighted by molar-refractivity contribution is -0.305. The van der Waals surface area contributed by atoms with Crippen LogP contribution in [0.1, 0.15) is 297 Å². The Bertz CT molecular complexity index is 1210. The highest BCUT2D eigenvalue weighted by Crippen LogP contribution is 2.26. The molecular formula is C60H115NO10. The highest BCUT2D eigenvalue weighted by Gasteiger charge is 2.47. The Hall–Kier alpha value is -1.60. The summed E-state index contributed by atoms with van der Waals surface area (Å²) in [6.07, 6.45) is 44.1. The molecule has 6 N–H and O–H groups in total. The van der Waals surface area contributed by atoms with Crippen LogP contribution in [-0.2, 0) is 23.8 Å². The molecule has 1 rings (SSSR count). The van der Waals surface area contributed by atoms with E-state index in [0.29, 0.717) is 19.3 Å². The first-order valence-corrected chi connectivity index (χ1v) is 30.5. The predicted octanol–water partition coefficient (Wildman–Crippen LogP) is 14.0. The van der Waals surface area contributed by atoms with Gasteiger partial charge in [-0.1, -0.05) is 277 Å². The molecule has 1 heterocycles. The molecule has 8 atom stereocenters. The van der Waals surface area contributed by atoms with Gasteiger partial charge >= 0.3 is 5.97 Å². The van der Waals surface area contributed by atoms with E-state index in [4.69, 9.17) is 14.2 Å². The first kappa shape index (κ1) is 67.4. The highest BCUT2D eigenvalue weighted by molar-refractivity contribution is 5.80. The fourth-order valence-corrected chi connectivity index (χ4v) is 9.83. The number of carbonyl (C=O) groups is 2. The molecule has 1 aliphatic heterocycles. The van der Waals surface area contributed by atoms with Crippen LogP contribution >= 0.6 is 0 Å². The van der Waals surface area contributed by atoms with Gasteiger partial charge in [-0.15, -0.1) is 0 Å². The van der Waals surface area contributed by atoms with Crippen molar-refractivity contribution in [1.82, 2.24) is 5.32 Å². The second-order valence-corrected chi connectivity index (χ2v) is 21.5. The molecule has 11 nitrogen and oxygen atoms in total. The third-order valence-electron chi connectivity index (χ3n) is 14.7. The molecule has 1 aliphatic rings. The summed E-state index contributed by atoms with van der Waals surface area (Å²) in [7, 11) is 0. The monoisotopic (exact) mass is 1010 g/mol. The molecule has 0 aromatic rings. The topological polar surface area (TPSA) is 175 Å². The van der Waals surface area contributed by atoms with Gasteiger partial charge in [-0.05, 0) is 25.7 Å². The van der Waals surface area contributed by atoms with E-state index in [1.54, 1.807) is 6.08 Å². The van der Waals surface area contributed by atoms with E-state index in [-0.39, 0.29) is 13.0 Å². The van der Waals surface area contributed by atoms with E-state index in [2.05, 4.69) is 26.1 Å². The number of amides is 1. The van der Waals surface area contributed by atoms with Crippen LogP contribution in [0.5, 0.6) is 0 Å². The molecule has 1 fully saturated rings. The van der Waals surface area contributed by atoms with Gasteiger partial charge in [0.2, 0.25) is 5.91 Å². The highest BCUT2D eigenvalue weighted by atomic mass is 16.7. The molecule has 11 heteroatoms. The van der Waals surface area contributed by atoms with Crippen molar-refractivity contribution in [3.8, 4) is 0 Å². The number of aliphatic hydroxyl groups excluding tert-OH is 5. The second-order valence-electron chi connectivity index (χ2n) is 21.5. The van der Waals surface area contributed by atoms with Crippen LogP contribution in [0.15, 0.2) is 12.2 Å². The molecule has 0 aliphatic carbocycles. The summed E-state index contributed by atoms with van der Waals surface area (Å²) in [5.74, 6) is -1.18. The zero-order chi connectivity index (χ0) is 51.8. The zero-order valence-corrected chi connectivity index (χ0v) is 46.4. The van der Waals surface area contributed by atoms with Gasteiger partial charge in [0, 0.05) is 6.42 Å². The quantitative estimate of drug-likeness (QED) is 0.0195. The Morgan fingerprint density at radius 2 is 0.915 bits per heavy atom. The fraction of sp³-hybridized carbons (Fsp3) is 0.933. The number of unbranched alkanes of at least 4 members (excludes halogenated alkanes) is 38. The number of hydrogen-bond acceptors (Lipinski definition) is 10. The Morgan fingerprint density at radius 1 is 0.535 bits per heavy atom. The minimum absolute atomic E-state index is 0.130. The zero-order valence-electron chi connectivity index (χ0n) is 46.4. The molecule has 0 bridgehead atoms. The Labute approximate surface area is 436 Å².